The molecule has 0 bridgehead atoms. The molecule has 0 atom stereocenters. The van der Waals surface area contributed by atoms with Crippen molar-refractivity contribution in [3.63, 3.8) is 0 Å². The molecule has 2 saturated heterocycles. The molecule has 2 aliphatic rings. The van der Waals surface area contributed by atoms with Crippen molar-refractivity contribution in [3.8, 4) is 5.75 Å². The van der Waals surface area contributed by atoms with Crippen LogP contribution < -0.4 is 4.74 Å². The summed E-state index contributed by atoms with van der Waals surface area (Å²) in [6.07, 6.45) is 4.11. The van der Waals surface area contributed by atoms with Gasteiger partial charge in [-0.05, 0) is 43.5 Å². The zero-order valence-corrected chi connectivity index (χ0v) is 15.7. The lowest BCUT2D eigenvalue weighted by Crippen LogP contribution is -2.49. The molecule has 0 aromatic heterocycles. The van der Waals surface area contributed by atoms with E-state index >= 15 is 0 Å². The highest BCUT2D eigenvalue weighted by atomic mass is 16.5. The van der Waals surface area contributed by atoms with Crippen molar-refractivity contribution in [1.82, 2.24) is 14.7 Å². The van der Waals surface area contributed by atoms with Gasteiger partial charge in [-0.2, -0.15) is 0 Å². The van der Waals surface area contributed by atoms with Crippen LogP contribution in [0, 0.1) is 0 Å². The second-order valence-corrected chi connectivity index (χ2v) is 7.05. The normalized spacial score (nSPS) is 18.7. The minimum absolute atomic E-state index is 0.0664. The second-order valence-electron chi connectivity index (χ2n) is 7.05. The van der Waals surface area contributed by atoms with Crippen LogP contribution in [0.15, 0.2) is 24.3 Å². The average Bonchev–Trinajstić information content (AvgIpc) is 2.72. The van der Waals surface area contributed by atoms with Gasteiger partial charge in [0, 0.05) is 57.8 Å². The largest absolute Gasteiger partial charge is 0.497 e. The molecule has 142 valence electrons. The molecule has 2 amide bonds. The second kappa shape index (κ2) is 9.03. The fourth-order valence-corrected chi connectivity index (χ4v) is 3.65. The molecule has 1 aromatic carbocycles. The third-order valence-corrected chi connectivity index (χ3v) is 5.35. The molecule has 2 aliphatic heterocycles. The Morgan fingerprint density at radius 1 is 0.885 bits per heavy atom. The Morgan fingerprint density at radius 3 is 2.15 bits per heavy atom. The average molecular weight is 359 g/mol. The molecule has 0 N–H and O–H groups in total. The Hall–Kier alpha value is -2.08. The van der Waals surface area contributed by atoms with E-state index in [1.807, 2.05) is 34.1 Å². The molecular weight excluding hydrogens is 330 g/mol. The van der Waals surface area contributed by atoms with Crippen LogP contribution in [0.5, 0.6) is 5.75 Å². The molecule has 0 radical (unpaired) electrons. The Bertz CT molecular complexity index is 603. The minimum Gasteiger partial charge on any atom is -0.497 e. The predicted octanol–water partition coefficient (Wildman–Crippen LogP) is 1.86. The lowest BCUT2D eigenvalue weighted by Gasteiger charge is -2.35. The number of likely N-dealkylation sites (tertiary alicyclic amines) is 1. The number of ether oxygens (including phenoxy) is 1. The van der Waals surface area contributed by atoms with Crippen molar-refractivity contribution in [1.29, 1.82) is 0 Å². The first-order valence-corrected chi connectivity index (χ1v) is 9.61. The van der Waals surface area contributed by atoms with E-state index in [0.29, 0.717) is 25.1 Å². The third kappa shape index (κ3) is 4.75. The van der Waals surface area contributed by atoms with Gasteiger partial charge in [-0.1, -0.05) is 0 Å². The van der Waals surface area contributed by atoms with Gasteiger partial charge in [-0.15, -0.1) is 0 Å². The third-order valence-electron chi connectivity index (χ3n) is 5.35. The highest BCUT2D eigenvalue weighted by Crippen LogP contribution is 2.15. The number of hydrogen-bond donors (Lipinski definition) is 0. The van der Waals surface area contributed by atoms with Gasteiger partial charge in [0.25, 0.3) is 5.91 Å². The first kappa shape index (κ1) is 18.7. The van der Waals surface area contributed by atoms with Gasteiger partial charge in [0.2, 0.25) is 5.91 Å². The van der Waals surface area contributed by atoms with Crippen LogP contribution in [0.2, 0.25) is 0 Å². The van der Waals surface area contributed by atoms with Gasteiger partial charge in [0.15, 0.2) is 0 Å². The summed E-state index contributed by atoms with van der Waals surface area (Å²) in [6, 6.07) is 7.25. The number of methoxy groups -OCH3 is 1. The number of amides is 2. The summed E-state index contributed by atoms with van der Waals surface area (Å²) < 4.78 is 5.14. The zero-order chi connectivity index (χ0) is 18.4. The number of benzene rings is 1. The molecule has 1 aromatic rings. The Kier molecular flexibility index (Phi) is 6.50. The molecule has 0 saturated carbocycles. The smallest absolute Gasteiger partial charge is 0.253 e. The first-order valence-electron chi connectivity index (χ1n) is 9.61. The van der Waals surface area contributed by atoms with Gasteiger partial charge in [0.1, 0.15) is 5.75 Å². The van der Waals surface area contributed by atoms with Gasteiger partial charge >= 0.3 is 0 Å². The summed E-state index contributed by atoms with van der Waals surface area (Å²) in [5.74, 6) is 1.10. The van der Waals surface area contributed by atoms with Crippen molar-refractivity contribution in [2.45, 2.75) is 25.7 Å². The number of carbonyl (C=O) groups excluding carboxylic acids is 2. The van der Waals surface area contributed by atoms with Crippen LogP contribution in [0.4, 0.5) is 0 Å². The van der Waals surface area contributed by atoms with E-state index in [9.17, 15) is 9.59 Å². The Balaban J connectivity index is 1.41. The lowest BCUT2D eigenvalue weighted by molar-refractivity contribution is -0.132. The maximum Gasteiger partial charge on any atom is 0.253 e. The SMILES string of the molecule is COc1ccc(C(=O)N2CCN(CCC(=O)N3CCCCC3)CC2)cc1. The van der Waals surface area contributed by atoms with Crippen LogP contribution in [-0.2, 0) is 4.79 Å². The quantitative estimate of drug-likeness (QED) is 0.805. The van der Waals surface area contributed by atoms with E-state index in [0.717, 1.165) is 51.3 Å². The van der Waals surface area contributed by atoms with E-state index in [2.05, 4.69) is 4.90 Å². The van der Waals surface area contributed by atoms with Gasteiger partial charge in [0.05, 0.1) is 7.11 Å². The summed E-state index contributed by atoms with van der Waals surface area (Å²) in [6.45, 7) is 5.71. The van der Waals surface area contributed by atoms with Crippen LogP contribution in [0.25, 0.3) is 0 Å². The summed E-state index contributed by atoms with van der Waals surface area (Å²) in [5.41, 5.74) is 0.694. The summed E-state index contributed by atoms with van der Waals surface area (Å²) >= 11 is 0. The molecule has 0 unspecified atom stereocenters. The van der Waals surface area contributed by atoms with E-state index in [4.69, 9.17) is 4.74 Å². The maximum atomic E-state index is 12.6. The summed E-state index contributed by atoms with van der Waals surface area (Å²) in [4.78, 5) is 31.1. The van der Waals surface area contributed by atoms with Gasteiger partial charge < -0.3 is 14.5 Å². The molecule has 3 rings (SSSR count). The monoisotopic (exact) mass is 359 g/mol. The summed E-state index contributed by atoms with van der Waals surface area (Å²) in [7, 11) is 1.62. The van der Waals surface area contributed by atoms with Crippen LogP contribution in [0.3, 0.4) is 0 Å². The number of hydrogen-bond acceptors (Lipinski definition) is 4. The number of piperidine rings is 1. The van der Waals surface area contributed by atoms with Crippen molar-refractivity contribution in [2.75, 3.05) is 52.9 Å². The van der Waals surface area contributed by atoms with Crippen LogP contribution in [-0.4, -0.2) is 79.4 Å². The number of rotatable bonds is 5. The molecule has 0 aliphatic carbocycles. The van der Waals surface area contributed by atoms with Crippen molar-refractivity contribution in [2.24, 2.45) is 0 Å². The molecule has 6 heteroatoms. The standard InChI is InChI=1S/C20H29N3O3/c1-26-18-7-5-17(6-8-18)20(25)23-15-13-21(14-16-23)12-9-19(24)22-10-3-2-4-11-22/h5-8H,2-4,9-16H2,1H3. The van der Waals surface area contributed by atoms with E-state index in [1.54, 1.807) is 7.11 Å². The van der Waals surface area contributed by atoms with Crippen LogP contribution in [0.1, 0.15) is 36.0 Å². The Labute approximate surface area is 155 Å². The topological polar surface area (TPSA) is 53.1 Å². The predicted molar refractivity (Wildman–Crippen MR) is 100 cm³/mol. The molecule has 26 heavy (non-hydrogen) atoms. The molecule has 0 spiro atoms. The number of nitrogens with zero attached hydrogens (tertiary/aromatic N) is 3. The zero-order valence-electron chi connectivity index (χ0n) is 15.7. The van der Waals surface area contributed by atoms with Crippen molar-refractivity contribution in [3.05, 3.63) is 29.8 Å². The van der Waals surface area contributed by atoms with E-state index < -0.39 is 0 Å². The van der Waals surface area contributed by atoms with Gasteiger partial charge in [-0.3, -0.25) is 14.5 Å². The van der Waals surface area contributed by atoms with Crippen molar-refractivity contribution < 1.29 is 14.3 Å². The maximum absolute atomic E-state index is 12.6. The fourth-order valence-electron chi connectivity index (χ4n) is 3.65. The van der Waals surface area contributed by atoms with Crippen LogP contribution >= 0.6 is 0 Å². The molecular formula is C20H29N3O3. The summed E-state index contributed by atoms with van der Waals surface area (Å²) in [5, 5.41) is 0. The van der Waals surface area contributed by atoms with E-state index in [1.165, 1.54) is 6.42 Å². The molecule has 6 nitrogen and oxygen atoms in total. The molecule has 2 heterocycles. The number of carbonyl (C=O) groups is 2. The molecule has 2 fully saturated rings. The first-order chi connectivity index (χ1) is 12.7. The fraction of sp³-hybridized carbons (Fsp3) is 0.600. The highest BCUT2D eigenvalue weighted by molar-refractivity contribution is 5.94. The number of piperazine rings is 1. The highest BCUT2D eigenvalue weighted by Gasteiger charge is 2.23. The van der Waals surface area contributed by atoms with E-state index in [-0.39, 0.29) is 11.8 Å². The van der Waals surface area contributed by atoms with Gasteiger partial charge in [-0.25, -0.2) is 0 Å². The lowest BCUT2D eigenvalue weighted by atomic mass is 10.1. The Morgan fingerprint density at radius 2 is 1.54 bits per heavy atom. The van der Waals surface area contributed by atoms with Crippen molar-refractivity contribution >= 4 is 11.8 Å². The minimum atomic E-state index is 0.0664.